The molecule has 1 unspecified atom stereocenters. The maximum absolute atomic E-state index is 12.6. The second kappa shape index (κ2) is 5.28. The van der Waals surface area contributed by atoms with E-state index in [1.807, 2.05) is 0 Å². The normalized spacial score (nSPS) is 42.3. The summed E-state index contributed by atoms with van der Waals surface area (Å²) in [5.74, 6) is -6.45. The van der Waals surface area contributed by atoms with Gasteiger partial charge < -0.3 is 34.3 Å². The number of hydrogen-bond acceptors (Lipinski definition) is 7. The Kier molecular flexibility index (Phi) is 4.17. The molecule has 0 aliphatic carbocycles. The number of ether oxygens (including phenoxy) is 4. The van der Waals surface area contributed by atoms with Gasteiger partial charge in [0.05, 0.1) is 6.61 Å². The smallest absolute Gasteiger partial charge is 0.440 e. The first-order valence-corrected chi connectivity index (χ1v) is 6.22. The van der Waals surface area contributed by atoms with Crippen molar-refractivity contribution in [1.82, 2.24) is 0 Å². The van der Waals surface area contributed by atoms with Gasteiger partial charge in [0.15, 0.2) is 11.9 Å². The van der Waals surface area contributed by atoms with Gasteiger partial charge in [0.25, 0.3) is 12.1 Å². The number of rotatable bonds is 2. The molecule has 0 aromatic heterocycles. The molecular weight excluding hydrogens is 317 g/mol. The lowest BCUT2D eigenvalue weighted by Gasteiger charge is -2.38. The monoisotopic (exact) mass is 332 g/mol. The molecule has 3 N–H and O–H groups in total. The molecule has 2 aliphatic rings. The molecule has 2 saturated heterocycles. The summed E-state index contributed by atoms with van der Waals surface area (Å²) in [6, 6.07) is 0. The van der Waals surface area contributed by atoms with Gasteiger partial charge in [0.1, 0.15) is 12.2 Å². The molecule has 0 bridgehead atoms. The lowest BCUT2D eigenvalue weighted by Crippen LogP contribution is -2.61. The van der Waals surface area contributed by atoms with E-state index in [1.54, 1.807) is 0 Å². The second-order valence-electron chi connectivity index (χ2n) is 5.42. The third-order valence-electron chi connectivity index (χ3n) is 3.15. The Morgan fingerprint density at radius 2 is 1.91 bits per heavy atom. The van der Waals surface area contributed by atoms with Crippen molar-refractivity contribution in [3.05, 3.63) is 0 Å². The number of halogens is 3. The van der Waals surface area contributed by atoms with E-state index in [-0.39, 0.29) is 0 Å². The predicted octanol–water partition coefficient (Wildman–Crippen LogP) is -0.424. The summed E-state index contributed by atoms with van der Waals surface area (Å²) in [5, 5.41) is 28.9. The Labute approximate surface area is 122 Å². The lowest BCUT2D eigenvalue weighted by atomic mass is 9.99. The van der Waals surface area contributed by atoms with Crippen molar-refractivity contribution in [2.75, 3.05) is 6.61 Å². The van der Waals surface area contributed by atoms with E-state index in [9.17, 15) is 28.2 Å². The molecule has 0 spiro atoms. The van der Waals surface area contributed by atoms with Gasteiger partial charge in [-0.25, -0.2) is 4.79 Å². The van der Waals surface area contributed by atoms with E-state index in [0.29, 0.717) is 0 Å². The largest absolute Gasteiger partial charge is 0.477 e. The molecule has 2 heterocycles. The highest BCUT2D eigenvalue weighted by molar-refractivity contribution is 5.76. The molecule has 2 rings (SSSR count). The van der Waals surface area contributed by atoms with Gasteiger partial charge in [-0.05, 0) is 13.8 Å². The van der Waals surface area contributed by atoms with E-state index in [2.05, 4.69) is 9.47 Å². The molecule has 128 valence electrons. The summed E-state index contributed by atoms with van der Waals surface area (Å²) >= 11 is 0. The van der Waals surface area contributed by atoms with Gasteiger partial charge in [-0.1, -0.05) is 0 Å². The zero-order valence-corrected chi connectivity index (χ0v) is 11.5. The Morgan fingerprint density at radius 1 is 1.32 bits per heavy atom. The van der Waals surface area contributed by atoms with E-state index in [1.165, 1.54) is 13.8 Å². The van der Waals surface area contributed by atoms with Crippen molar-refractivity contribution in [2.45, 2.75) is 56.2 Å². The van der Waals surface area contributed by atoms with Gasteiger partial charge in [0, 0.05) is 0 Å². The lowest BCUT2D eigenvalue weighted by molar-refractivity contribution is -0.370. The van der Waals surface area contributed by atoms with E-state index >= 15 is 0 Å². The van der Waals surface area contributed by atoms with E-state index in [0.717, 1.165) is 0 Å². The number of aliphatic hydroxyl groups is 2. The fourth-order valence-electron chi connectivity index (χ4n) is 2.30. The van der Waals surface area contributed by atoms with Gasteiger partial charge in [-0.2, -0.15) is 13.2 Å². The van der Waals surface area contributed by atoms with Crippen molar-refractivity contribution in [3.63, 3.8) is 0 Å². The summed E-state index contributed by atoms with van der Waals surface area (Å²) in [4.78, 5) is 11.2. The van der Waals surface area contributed by atoms with Crippen LogP contribution in [0, 0.1) is 0 Å². The molecule has 2 fully saturated rings. The van der Waals surface area contributed by atoms with Crippen LogP contribution in [0.25, 0.3) is 0 Å². The van der Waals surface area contributed by atoms with Gasteiger partial charge in [-0.15, -0.1) is 0 Å². The molecule has 5 atom stereocenters. The van der Waals surface area contributed by atoms with E-state index < -0.39 is 54.9 Å². The molecule has 8 nitrogen and oxygen atoms in total. The SMILES string of the molecule is CC1(C)O[C@@H]([C@@H]2OC(C(F)(F)F)OC[C@@H]2O)[C@@](O)(C(=O)O)O1. The fraction of sp³-hybridized carbons (Fsp3) is 0.909. The highest BCUT2D eigenvalue weighted by atomic mass is 19.4. The minimum absolute atomic E-state index is 0.773. The van der Waals surface area contributed by atoms with Crippen molar-refractivity contribution in [3.8, 4) is 0 Å². The highest BCUT2D eigenvalue weighted by Gasteiger charge is 2.64. The van der Waals surface area contributed by atoms with Crippen LogP contribution in [0.4, 0.5) is 13.2 Å². The standard InChI is InChI=1S/C11H15F3O8/c1-9(2)21-6(10(18,22-9)7(16)17)5-4(15)3-19-8(20-5)11(12,13)14/h4-6,8,15,18H,3H2,1-2H3,(H,16,17)/t4-,5+,6-,8?,10-/m0/s1. The van der Waals surface area contributed by atoms with Crippen LogP contribution in [0.2, 0.25) is 0 Å². The summed E-state index contributed by atoms with van der Waals surface area (Å²) in [7, 11) is 0. The first-order chi connectivity index (χ1) is 9.87. The van der Waals surface area contributed by atoms with Crippen molar-refractivity contribution in [2.24, 2.45) is 0 Å². The predicted molar refractivity (Wildman–Crippen MR) is 59.3 cm³/mol. The number of alkyl halides is 3. The van der Waals surface area contributed by atoms with Crippen LogP contribution in [-0.4, -0.2) is 70.2 Å². The third-order valence-corrected chi connectivity index (χ3v) is 3.15. The minimum Gasteiger partial charge on any atom is -0.477 e. The third kappa shape index (κ3) is 3.05. The Bertz CT molecular complexity index is 453. The number of carboxylic acids is 1. The van der Waals surface area contributed by atoms with Crippen molar-refractivity contribution >= 4 is 5.97 Å². The number of aliphatic hydroxyl groups excluding tert-OH is 1. The maximum Gasteiger partial charge on any atom is 0.440 e. The molecule has 0 aromatic rings. The molecule has 0 aromatic carbocycles. The number of aliphatic carboxylic acids is 1. The van der Waals surface area contributed by atoms with Crippen molar-refractivity contribution < 1.29 is 52.2 Å². The van der Waals surface area contributed by atoms with Crippen molar-refractivity contribution in [1.29, 1.82) is 0 Å². The van der Waals surface area contributed by atoms with Gasteiger partial charge in [0.2, 0.25) is 0 Å². The average Bonchev–Trinajstić information content (AvgIpc) is 2.59. The van der Waals surface area contributed by atoms with Gasteiger partial charge >= 0.3 is 12.1 Å². The molecule has 0 saturated carbocycles. The van der Waals surface area contributed by atoms with Crippen LogP contribution < -0.4 is 0 Å². The molecule has 2 aliphatic heterocycles. The number of carbonyl (C=O) groups is 1. The zero-order valence-electron chi connectivity index (χ0n) is 11.5. The van der Waals surface area contributed by atoms with Crippen LogP contribution >= 0.6 is 0 Å². The first-order valence-electron chi connectivity index (χ1n) is 6.22. The topological polar surface area (TPSA) is 115 Å². The average molecular weight is 332 g/mol. The quantitative estimate of drug-likeness (QED) is 0.624. The van der Waals surface area contributed by atoms with Crippen LogP contribution in [0.5, 0.6) is 0 Å². The molecule has 22 heavy (non-hydrogen) atoms. The van der Waals surface area contributed by atoms with Crippen LogP contribution in [0.15, 0.2) is 0 Å². The minimum atomic E-state index is -4.89. The summed E-state index contributed by atoms with van der Waals surface area (Å²) < 4.78 is 56.8. The Morgan fingerprint density at radius 3 is 2.41 bits per heavy atom. The second-order valence-corrected chi connectivity index (χ2v) is 5.42. The van der Waals surface area contributed by atoms with Crippen LogP contribution in [0.3, 0.4) is 0 Å². The summed E-state index contributed by atoms with van der Waals surface area (Å²) in [6.45, 7) is 1.74. The number of hydrogen-bond donors (Lipinski definition) is 3. The van der Waals surface area contributed by atoms with Crippen LogP contribution in [-0.2, 0) is 23.7 Å². The first kappa shape index (κ1) is 17.4. The summed E-state index contributed by atoms with van der Waals surface area (Å²) in [5.41, 5.74) is 0. The maximum atomic E-state index is 12.6. The molecular formula is C11H15F3O8. The van der Waals surface area contributed by atoms with E-state index in [4.69, 9.17) is 14.6 Å². The highest BCUT2D eigenvalue weighted by Crippen LogP contribution is 2.40. The molecule has 0 radical (unpaired) electrons. The van der Waals surface area contributed by atoms with Gasteiger partial charge in [-0.3, -0.25) is 0 Å². The summed E-state index contributed by atoms with van der Waals surface area (Å²) in [6.07, 6.45) is -12.9. The fourth-order valence-corrected chi connectivity index (χ4v) is 2.30. The van der Waals surface area contributed by atoms with Crippen LogP contribution in [0.1, 0.15) is 13.8 Å². The molecule has 0 amide bonds. The molecule has 11 heteroatoms. The zero-order chi connectivity index (χ0) is 16.9. The Balaban J connectivity index is 2.29. The Hall–Kier alpha value is -0.980. The number of carboxylic acid groups (broad SMARTS) is 1.